The van der Waals surface area contributed by atoms with Crippen molar-refractivity contribution >= 4 is 6.41 Å². The molecule has 0 spiro atoms. The van der Waals surface area contributed by atoms with E-state index in [1.165, 1.54) is 6.41 Å². The Bertz CT molecular complexity index is 85.7. The number of hydroxylamine groups is 2. The average Bonchev–Trinajstić information content (AvgIpc) is 1.98. The molecule has 0 saturated carbocycles. The van der Waals surface area contributed by atoms with Crippen molar-refractivity contribution in [2.45, 2.75) is 32.6 Å². The van der Waals surface area contributed by atoms with E-state index in [1.54, 1.807) is 0 Å². The quantitative estimate of drug-likeness (QED) is 0.264. The standard InChI is InChI=1S/C7H14NO2/c1-2-3-4-5-6-8(10)7-9/h10H,2-6H2,1H3. The van der Waals surface area contributed by atoms with Crippen molar-refractivity contribution in [2.75, 3.05) is 6.54 Å². The second-order valence-corrected chi connectivity index (χ2v) is 2.28. The smallest absolute Gasteiger partial charge is 0.285 e. The molecule has 0 unspecified atom stereocenters. The molecule has 0 heterocycles. The fraction of sp³-hybridized carbons (Fsp3) is 0.857. The van der Waals surface area contributed by atoms with Crippen LogP contribution in [0.4, 0.5) is 0 Å². The molecule has 0 aliphatic rings. The molecule has 10 heavy (non-hydrogen) atoms. The van der Waals surface area contributed by atoms with Gasteiger partial charge in [0.25, 0.3) is 0 Å². The zero-order chi connectivity index (χ0) is 7.82. The molecule has 0 bridgehead atoms. The van der Waals surface area contributed by atoms with Crippen LogP contribution in [0.1, 0.15) is 32.6 Å². The van der Waals surface area contributed by atoms with Crippen LogP contribution in [0.3, 0.4) is 0 Å². The molecular weight excluding hydrogens is 130 g/mol. The van der Waals surface area contributed by atoms with Crippen molar-refractivity contribution in [3.05, 3.63) is 0 Å². The lowest BCUT2D eigenvalue weighted by Gasteiger charge is -2.05. The third-order valence-electron chi connectivity index (χ3n) is 1.33. The first kappa shape index (κ1) is 9.43. The summed E-state index contributed by atoms with van der Waals surface area (Å²) in [7, 11) is 0. The van der Waals surface area contributed by atoms with Crippen LogP contribution < -0.4 is 0 Å². The van der Waals surface area contributed by atoms with E-state index in [1.807, 2.05) is 0 Å². The minimum absolute atomic E-state index is 0.406. The van der Waals surface area contributed by atoms with Crippen LogP contribution in [0, 0.1) is 0 Å². The summed E-state index contributed by atoms with van der Waals surface area (Å²) in [4.78, 5) is 9.72. The van der Waals surface area contributed by atoms with Crippen LogP contribution >= 0.6 is 0 Å². The molecule has 3 nitrogen and oxygen atoms in total. The number of rotatable bonds is 6. The predicted octanol–water partition coefficient (Wildman–Crippen LogP) is 1.33. The van der Waals surface area contributed by atoms with Crippen LogP contribution in [-0.4, -0.2) is 23.2 Å². The predicted molar refractivity (Wildman–Crippen MR) is 38.3 cm³/mol. The van der Waals surface area contributed by atoms with Crippen molar-refractivity contribution in [3.8, 4) is 0 Å². The van der Waals surface area contributed by atoms with Gasteiger partial charge in [-0.25, -0.2) is 5.06 Å². The summed E-state index contributed by atoms with van der Waals surface area (Å²) in [5.74, 6) is 0. The maximum Gasteiger partial charge on any atom is 0.337 e. The van der Waals surface area contributed by atoms with Crippen LogP contribution in [0.5, 0.6) is 0 Å². The van der Waals surface area contributed by atoms with E-state index >= 15 is 0 Å². The lowest BCUT2D eigenvalue weighted by Crippen LogP contribution is -2.17. The number of nitrogens with zero attached hydrogens (tertiary/aromatic N) is 1. The number of carbonyl (C=O) groups excluding carboxylic acids is 1. The highest BCUT2D eigenvalue weighted by Gasteiger charge is 1.94. The average molecular weight is 144 g/mol. The van der Waals surface area contributed by atoms with E-state index in [9.17, 15) is 4.79 Å². The maximum atomic E-state index is 9.72. The van der Waals surface area contributed by atoms with Gasteiger partial charge in [-0.1, -0.05) is 26.2 Å². The van der Waals surface area contributed by atoms with Crippen LogP contribution in [0.15, 0.2) is 0 Å². The van der Waals surface area contributed by atoms with Gasteiger partial charge >= 0.3 is 6.41 Å². The molecule has 59 valence electrons. The molecule has 0 aliphatic carbocycles. The fourth-order valence-corrected chi connectivity index (χ4v) is 0.734. The molecule has 0 aromatic carbocycles. The summed E-state index contributed by atoms with van der Waals surface area (Å²) in [5, 5.41) is 9.13. The van der Waals surface area contributed by atoms with Crippen molar-refractivity contribution in [1.82, 2.24) is 5.06 Å². The lowest BCUT2D eigenvalue weighted by molar-refractivity contribution is -0.0180. The molecule has 0 atom stereocenters. The summed E-state index contributed by atoms with van der Waals surface area (Å²) >= 11 is 0. The minimum Gasteiger partial charge on any atom is -0.285 e. The van der Waals surface area contributed by atoms with Crippen LogP contribution in [-0.2, 0) is 4.79 Å². The van der Waals surface area contributed by atoms with Gasteiger partial charge < -0.3 is 0 Å². The largest absolute Gasteiger partial charge is 0.337 e. The van der Waals surface area contributed by atoms with Crippen LogP contribution in [0.2, 0.25) is 0 Å². The van der Waals surface area contributed by atoms with E-state index in [-0.39, 0.29) is 0 Å². The number of amides is 1. The van der Waals surface area contributed by atoms with Gasteiger partial charge in [0.1, 0.15) is 0 Å². The highest BCUT2D eigenvalue weighted by Crippen LogP contribution is 1.98. The molecule has 0 aromatic rings. The summed E-state index contributed by atoms with van der Waals surface area (Å²) in [6, 6.07) is 0. The highest BCUT2D eigenvalue weighted by molar-refractivity contribution is 5.45. The third-order valence-corrected chi connectivity index (χ3v) is 1.33. The summed E-state index contributed by atoms with van der Waals surface area (Å²) in [5.41, 5.74) is 0. The van der Waals surface area contributed by atoms with Gasteiger partial charge in [-0.05, 0) is 6.42 Å². The molecule has 0 rings (SSSR count). The first-order valence-electron chi connectivity index (χ1n) is 3.65. The molecule has 1 amide bonds. The van der Waals surface area contributed by atoms with E-state index < -0.39 is 0 Å². The molecule has 3 heteroatoms. The monoisotopic (exact) mass is 144 g/mol. The van der Waals surface area contributed by atoms with Crippen LogP contribution in [0.25, 0.3) is 0 Å². The molecule has 1 radical (unpaired) electrons. The lowest BCUT2D eigenvalue weighted by atomic mass is 10.2. The summed E-state index contributed by atoms with van der Waals surface area (Å²) in [6.45, 7) is 2.52. The van der Waals surface area contributed by atoms with Gasteiger partial charge in [0.2, 0.25) is 0 Å². The fourth-order valence-electron chi connectivity index (χ4n) is 0.734. The number of hydrogen-bond acceptors (Lipinski definition) is 2. The second-order valence-electron chi connectivity index (χ2n) is 2.28. The Morgan fingerprint density at radius 2 is 2.10 bits per heavy atom. The first-order valence-corrected chi connectivity index (χ1v) is 3.65. The third kappa shape index (κ3) is 5.56. The molecular formula is C7H14NO2. The molecule has 1 N–H and O–H groups in total. The Labute approximate surface area is 61.6 Å². The Kier molecular flexibility index (Phi) is 6.18. The maximum absolute atomic E-state index is 9.72. The van der Waals surface area contributed by atoms with E-state index in [2.05, 4.69) is 6.92 Å². The van der Waals surface area contributed by atoms with Gasteiger partial charge in [0.05, 0.1) is 0 Å². The van der Waals surface area contributed by atoms with Gasteiger partial charge in [-0.2, -0.15) is 0 Å². The van der Waals surface area contributed by atoms with Gasteiger partial charge in [-0.3, -0.25) is 10.0 Å². The summed E-state index contributed by atoms with van der Waals surface area (Å²) < 4.78 is 0. The summed E-state index contributed by atoms with van der Waals surface area (Å²) in [6.07, 6.45) is 5.63. The second kappa shape index (κ2) is 6.55. The van der Waals surface area contributed by atoms with Crippen molar-refractivity contribution in [1.29, 1.82) is 0 Å². The molecule has 0 aliphatic heterocycles. The Morgan fingerprint density at radius 3 is 2.60 bits per heavy atom. The van der Waals surface area contributed by atoms with Gasteiger partial charge in [0.15, 0.2) is 0 Å². The zero-order valence-corrected chi connectivity index (χ0v) is 6.34. The Balaban J connectivity index is 2.95. The SMILES string of the molecule is CCCCCCN(O)[C]=O. The Morgan fingerprint density at radius 1 is 1.40 bits per heavy atom. The van der Waals surface area contributed by atoms with Crippen molar-refractivity contribution < 1.29 is 10.0 Å². The van der Waals surface area contributed by atoms with Gasteiger partial charge in [0, 0.05) is 6.54 Å². The van der Waals surface area contributed by atoms with Crippen molar-refractivity contribution in [3.63, 3.8) is 0 Å². The zero-order valence-electron chi connectivity index (χ0n) is 6.34. The van der Waals surface area contributed by atoms with Gasteiger partial charge in [-0.15, -0.1) is 0 Å². The topological polar surface area (TPSA) is 40.5 Å². The minimum atomic E-state index is 0.406. The number of hydrogen-bond donors (Lipinski definition) is 1. The van der Waals surface area contributed by atoms with E-state index in [4.69, 9.17) is 5.21 Å². The van der Waals surface area contributed by atoms with Crippen molar-refractivity contribution in [2.24, 2.45) is 0 Å². The first-order chi connectivity index (χ1) is 4.81. The van der Waals surface area contributed by atoms with E-state index in [0.717, 1.165) is 25.7 Å². The Hall–Kier alpha value is -0.570. The molecule has 0 fully saturated rings. The normalized spacial score (nSPS) is 9.40. The molecule has 0 aromatic heterocycles. The van der Waals surface area contributed by atoms with E-state index in [0.29, 0.717) is 11.6 Å². The number of unbranched alkanes of at least 4 members (excludes halogenated alkanes) is 3. The highest BCUT2D eigenvalue weighted by atomic mass is 16.5. The molecule has 0 saturated heterocycles.